The minimum absolute atomic E-state index is 0.0124. The molecule has 2 saturated heterocycles. The molecule has 25 heavy (non-hydrogen) atoms. The Hall–Kier alpha value is -1.38. The van der Waals surface area contributed by atoms with Gasteiger partial charge in [0.25, 0.3) is 0 Å². The first-order valence-electron chi connectivity index (χ1n) is 8.91. The van der Waals surface area contributed by atoms with Gasteiger partial charge in [-0.15, -0.1) is 0 Å². The van der Waals surface area contributed by atoms with E-state index in [2.05, 4.69) is 4.90 Å². The van der Waals surface area contributed by atoms with Gasteiger partial charge >= 0.3 is 12.1 Å². The van der Waals surface area contributed by atoms with E-state index < -0.39 is 11.6 Å². The van der Waals surface area contributed by atoms with E-state index in [1.54, 1.807) is 4.90 Å². The SMILES string of the molecule is CC1CN(CC(=O)O)[C@@H](CN2CCOCC2)CN1C(=O)OC(C)(C)C. The number of aliphatic carboxylic acids is 1. The molecule has 1 N–H and O–H groups in total. The lowest BCUT2D eigenvalue weighted by Crippen LogP contribution is -2.63. The fourth-order valence-corrected chi connectivity index (χ4v) is 3.31. The van der Waals surface area contributed by atoms with Gasteiger partial charge < -0.3 is 19.5 Å². The largest absolute Gasteiger partial charge is 0.480 e. The smallest absolute Gasteiger partial charge is 0.410 e. The van der Waals surface area contributed by atoms with Crippen LogP contribution in [-0.2, 0) is 14.3 Å². The lowest BCUT2D eigenvalue weighted by Gasteiger charge is -2.46. The van der Waals surface area contributed by atoms with Crippen LogP contribution < -0.4 is 0 Å². The second-order valence-corrected chi connectivity index (χ2v) is 7.87. The molecular formula is C17H31N3O5. The van der Waals surface area contributed by atoms with E-state index >= 15 is 0 Å². The summed E-state index contributed by atoms with van der Waals surface area (Å²) in [5.74, 6) is -0.843. The minimum Gasteiger partial charge on any atom is -0.480 e. The average Bonchev–Trinajstić information content (AvgIpc) is 2.48. The van der Waals surface area contributed by atoms with Crippen molar-refractivity contribution in [2.45, 2.75) is 45.4 Å². The molecule has 2 heterocycles. The molecule has 0 saturated carbocycles. The number of carboxylic acid groups (broad SMARTS) is 1. The molecule has 0 aromatic heterocycles. The van der Waals surface area contributed by atoms with Crippen LogP contribution in [0.2, 0.25) is 0 Å². The Morgan fingerprint density at radius 3 is 2.40 bits per heavy atom. The normalized spacial score (nSPS) is 26.5. The van der Waals surface area contributed by atoms with Gasteiger partial charge in [0.1, 0.15) is 5.60 Å². The second-order valence-electron chi connectivity index (χ2n) is 7.87. The Bertz CT molecular complexity index is 473. The summed E-state index contributed by atoms with van der Waals surface area (Å²) in [5.41, 5.74) is -0.547. The number of hydrogen-bond acceptors (Lipinski definition) is 6. The molecule has 2 atom stereocenters. The van der Waals surface area contributed by atoms with E-state index in [1.807, 2.05) is 32.6 Å². The summed E-state index contributed by atoms with van der Waals surface area (Å²) in [6.45, 7) is 12.2. The first-order chi connectivity index (χ1) is 11.7. The van der Waals surface area contributed by atoms with Crippen molar-refractivity contribution in [3.63, 3.8) is 0 Å². The third kappa shape index (κ3) is 6.13. The van der Waals surface area contributed by atoms with Gasteiger partial charge in [-0.2, -0.15) is 0 Å². The fourth-order valence-electron chi connectivity index (χ4n) is 3.31. The van der Waals surface area contributed by atoms with Crippen LogP contribution in [0.25, 0.3) is 0 Å². The zero-order valence-corrected chi connectivity index (χ0v) is 15.7. The molecule has 1 unspecified atom stereocenters. The number of carbonyl (C=O) groups is 2. The molecule has 0 aromatic rings. The van der Waals surface area contributed by atoms with Crippen molar-refractivity contribution < 1.29 is 24.2 Å². The molecule has 2 rings (SSSR count). The summed E-state index contributed by atoms with van der Waals surface area (Å²) in [6.07, 6.45) is -0.332. The van der Waals surface area contributed by atoms with Gasteiger partial charge in [-0.05, 0) is 27.7 Å². The molecule has 8 heteroatoms. The minimum atomic E-state index is -0.843. The van der Waals surface area contributed by atoms with Crippen LogP contribution in [0, 0.1) is 0 Å². The zero-order chi connectivity index (χ0) is 18.6. The molecule has 0 radical (unpaired) electrons. The summed E-state index contributed by atoms with van der Waals surface area (Å²) in [6, 6.07) is -0.118. The van der Waals surface area contributed by atoms with Crippen molar-refractivity contribution >= 4 is 12.1 Å². The highest BCUT2D eigenvalue weighted by Gasteiger charge is 2.37. The highest BCUT2D eigenvalue weighted by atomic mass is 16.6. The number of piperazine rings is 1. The van der Waals surface area contributed by atoms with Gasteiger partial charge in [0.2, 0.25) is 0 Å². The highest BCUT2D eigenvalue weighted by molar-refractivity contribution is 5.70. The molecule has 0 aromatic carbocycles. The van der Waals surface area contributed by atoms with Crippen LogP contribution in [0.3, 0.4) is 0 Å². The number of carbonyl (C=O) groups excluding carboxylic acids is 1. The van der Waals surface area contributed by atoms with Crippen LogP contribution in [-0.4, -0.2) is 102 Å². The van der Waals surface area contributed by atoms with Gasteiger partial charge in [0, 0.05) is 44.8 Å². The zero-order valence-electron chi connectivity index (χ0n) is 15.7. The molecule has 2 fully saturated rings. The second kappa shape index (κ2) is 8.33. The van der Waals surface area contributed by atoms with Crippen LogP contribution in [0.4, 0.5) is 4.79 Å². The van der Waals surface area contributed by atoms with Crippen LogP contribution >= 0.6 is 0 Å². The maximum absolute atomic E-state index is 12.5. The molecular weight excluding hydrogens is 326 g/mol. The quantitative estimate of drug-likeness (QED) is 0.793. The molecule has 0 spiro atoms. The molecule has 2 aliphatic heterocycles. The molecule has 0 aliphatic carbocycles. The fraction of sp³-hybridized carbons (Fsp3) is 0.882. The molecule has 1 amide bonds. The Morgan fingerprint density at radius 2 is 1.84 bits per heavy atom. The van der Waals surface area contributed by atoms with Crippen molar-refractivity contribution in [3.8, 4) is 0 Å². The Labute approximate surface area is 149 Å². The number of hydrogen-bond donors (Lipinski definition) is 1. The molecule has 8 nitrogen and oxygen atoms in total. The molecule has 0 bridgehead atoms. The maximum atomic E-state index is 12.5. The Morgan fingerprint density at radius 1 is 1.20 bits per heavy atom. The standard InChI is InChI=1S/C17H31N3O5/c1-13-9-19(12-15(21)22)14(10-18-5-7-24-8-6-18)11-20(13)16(23)25-17(2,3)4/h13-14H,5-12H2,1-4H3,(H,21,22)/t13?,14-/m0/s1. The number of carboxylic acids is 1. The number of morpholine rings is 1. The predicted molar refractivity (Wildman–Crippen MR) is 92.7 cm³/mol. The molecule has 2 aliphatic rings. The monoisotopic (exact) mass is 357 g/mol. The van der Waals surface area contributed by atoms with Crippen molar-refractivity contribution in [3.05, 3.63) is 0 Å². The van der Waals surface area contributed by atoms with Gasteiger partial charge in [-0.25, -0.2) is 4.79 Å². The van der Waals surface area contributed by atoms with Gasteiger partial charge in [-0.1, -0.05) is 0 Å². The number of ether oxygens (including phenoxy) is 2. The predicted octanol–water partition coefficient (Wildman–Crippen LogP) is 0.713. The number of amides is 1. The van der Waals surface area contributed by atoms with Gasteiger partial charge in [0.05, 0.1) is 19.8 Å². The third-order valence-corrected chi connectivity index (χ3v) is 4.49. The lowest BCUT2D eigenvalue weighted by molar-refractivity contribution is -0.140. The van der Waals surface area contributed by atoms with Crippen LogP contribution in [0.5, 0.6) is 0 Å². The third-order valence-electron chi connectivity index (χ3n) is 4.49. The van der Waals surface area contributed by atoms with Crippen LogP contribution in [0.1, 0.15) is 27.7 Å². The summed E-state index contributed by atoms with van der Waals surface area (Å²) < 4.78 is 10.9. The van der Waals surface area contributed by atoms with E-state index in [4.69, 9.17) is 9.47 Å². The number of nitrogens with zero attached hydrogens (tertiary/aromatic N) is 3. The van der Waals surface area contributed by atoms with Crippen molar-refractivity contribution in [1.29, 1.82) is 0 Å². The average molecular weight is 357 g/mol. The van der Waals surface area contributed by atoms with Gasteiger partial charge in [-0.3, -0.25) is 14.6 Å². The molecule has 144 valence electrons. The topological polar surface area (TPSA) is 82.6 Å². The van der Waals surface area contributed by atoms with Crippen molar-refractivity contribution in [2.75, 3.05) is 52.5 Å². The van der Waals surface area contributed by atoms with E-state index in [1.165, 1.54) is 0 Å². The van der Waals surface area contributed by atoms with Crippen molar-refractivity contribution in [1.82, 2.24) is 14.7 Å². The first kappa shape index (κ1) is 19.9. The lowest BCUT2D eigenvalue weighted by atomic mass is 10.1. The highest BCUT2D eigenvalue weighted by Crippen LogP contribution is 2.20. The first-order valence-corrected chi connectivity index (χ1v) is 8.91. The van der Waals surface area contributed by atoms with E-state index in [-0.39, 0.29) is 24.7 Å². The van der Waals surface area contributed by atoms with Crippen molar-refractivity contribution in [2.24, 2.45) is 0 Å². The van der Waals surface area contributed by atoms with Crippen LogP contribution in [0.15, 0.2) is 0 Å². The Kier molecular flexibility index (Phi) is 6.65. The van der Waals surface area contributed by atoms with E-state index in [0.717, 1.165) is 19.6 Å². The summed E-state index contributed by atoms with van der Waals surface area (Å²) in [7, 11) is 0. The summed E-state index contributed by atoms with van der Waals surface area (Å²) in [4.78, 5) is 29.7. The summed E-state index contributed by atoms with van der Waals surface area (Å²) >= 11 is 0. The maximum Gasteiger partial charge on any atom is 0.410 e. The summed E-state index contributed by atoms with van der Waals surface area (Å²) in [5, 5.41) is 9.22. The van der Waals surface area contributed by atoms with E-state index in [9.17, 15) is 14.7 Å². The number of rotatable bonds is 4. The Balaban J connectivity index is 2.06. The van der Waals surface area contributed by atoms with E-state index in [0.29, 0.717) is 26.3 Å². The van der Waals surface area contributed by atoms with Gasteiger partial charge in [0.15, 0.2) is 0 Å².